The van der Waals surface area contributed by atoms with Gasteiger partial charge in [-0.25, -0.2) is 0 Å². The monoisotopic (exact) mass is 272 g/mol. The molecule has 1 rings (SSSR count). The second kappa shape index (κ2) is 8.83. The van der Waals surface area contributed by atoms with Crippen LogP contribution in [0.5, 0.6) is 0 Å². The maximum Gasteiger partial charge on any atom is 0.0408 e. The van der Waals surface area contributed by atoms with Crippen molar-refractivity contribution in [1.82, 2.24) is 0 Å². The molecule has 0 aliphatic carbocycles. The van der Waals surface area contributed by atoms with Gasteiger partial charge in [0.25, 0.3) is 0 Å². The molecule has 0 N–H and O–H groups in total. The van der Waals surface area contributed by atoms with Gasteiger partial charge in [-0.1, -0.05) is 62.8 Å². The van der Waals surface area contributed by atoms with E-state index in [9.17, 15) is 0 Å². The molecule has 1 aromatic rings. The fraction of sp³-hybridized carbons (Fsp3) is 0.600. The number of hydrogen-bond donors (Lipinski definition) is 0. The molecular formula is C15H22Cl2. The van der Waals surface area contributed by atoms with Crippen LogP contribution in [0.25, 0.3) is 0 Å². The Kier molecular flexibility index (Phi) is 7.72. The van der Waals surface area contributed by atoms with Gasteiger partial charge in [-0.05, 0) is 30.0 Å². The quantitative estimate of drug-likeness (QED) is 0.401. The summed E-state index contributed by atoms with van der Waals surface area (Å²) < 4.78 is 0. The van der Waals surface area contributed by atoms with Crippen molar-refractivity contribution in [2.24, 2.45) is 0 Å². The summed E-state index contributed by atoms with van der Waals surface area (Å²) in [5, 5.41) is 0.809. The summed E-state index contributed by atoms with van der Waals surface area (Å²) in [6.45, 7) is 2.24. The molecule has 2 heteroatoms. The number of alkyl halides is 1. The first-order valence-electron chi connectivity index (χ1n) is 6.59. The second-order valence-electron chi connectivity index (χ2n) is 4.61. The standard InChI is InChI=1S/C15H22Cl2/c1-2-3-4-5-6-8-14(12-16)13-9-7-10-15(17)11-13/h7,9-11,14H,2-6,8,12H2,1H3. The average molecular weight is 273 g/mol. The molecule has 0 radical (unpaired) electrons. The predicted octanol–water partition coefficient (Wildman–Crippen LogP) is 6.02. The lowest BCUT2D eigenvalue weighted by molar-refractivity contribution is 0.569. The Morgan fingerprint density at radius 3 is 2.53 bits per heavy atom. The van der Waals surface area contributed by atoms with Gasteiger partial charge in [0.1, 0.15) is 0 Å². The summed E-state index contributed by atoms with van der Waals surface area (Å²) in [7, 11) is 0. The number of rotatable bonds is 8. The van der Waals surface area contributed by atoms with Gasteiger partial charge in [-0.2, -0.15) is 0 Å². The predicted molar refractivity (Wildman–Crippen MR) is 78.3 cm³/mol. The second-order valence-corrected chi connectivity index (χ2v) is 5.35. The van der Waals surface area contributed by atoms with Crippen molar-refractivity contribution in [2.75, 3.05) is 5.88 Å². The Labute approximate surface area is 115 Å². The molecule has 1 unspecified atom stereocenters. The highest BCUT2D eigenvalue weighted by Crippen LogP contribution is 2.26. The lowest BCUT2D eigenvalue weighted by Gasteiger charge is -2.14. The SMILES string of the molecule is CCCCCCCC(CCl)c1cccc(Cl)c1. The maximum absolute atomic E-state index is 6.05. The topological polar surface area (TPSA) is 0 Å². The molecule has 0 fully saturated rings. The highest BCUT2D eigenvalue weighted by molar-refractivity contribution is 6.30. The van der Waals surface area contributed by atoms with E-state index in [4.69, 9.17) is 23.2 Å². The first kappa shape index (κ1) is 14.9. The molecule has 0 aromatic heterocycles. The van der Waals surface area contributed by atoms with E-state index >= 15 is 0 Å². The van der Waals surface area contributed by atoms with Gasteiger partial charge in [-0.3, -0.25) is 0 Å². The smallest absolute Gasteiger partial charge is 0.0408 e. The van der Waals surface area contributed by atoms with Gasteiger partial charge in [0, 0.05) is 10.9 Å². The average Bonchev–Trinajstić information content (AvgIpc) is 2.34. The molecule has 1 atom stereocenters. The van der Waals surface area contributed by atoms with Crippen molar-refractivity contribution >= 4 is 23.2 Å². The zero-order valence-electron chi connectivity index (χ0n) is 10.6. The minimum absolute atomic E-state index is 0.456. The molecule has 0 heterocycles. The van der Waals surface area contributed by atoms with Crippen LogP contribution >= 0.6 is 23.2 Å². The van der Waals surface area contributed by atoms with Crippen molar-refractivity contribution in [2.45, 2.75) is 51.4 Å². The third kappa shape index (κ3) is 5.79. The number of hydrogen-bond acceptors (Lipinski definition) is 0. The van der Waals surface area contributed by atoms with Gasteiger partial charge in [0.15, 0.2) is 0 Å². The van der Waals surface area contributed by atoms with Gasteiger partial charge >= 0.3 is 0 Å². The van der Waals surface area contributed by atoms with E-state index in [1.54, 1.807) is 0 Å². The minimum atomic E-state index is 0.456. The van der Waals surface area contributed by atoms with Gasteiger partial charge in [-0.15, -0.1) is 11.6 Å². The summed E-state index contributed by atoms with van der Waals surface area (Å²) >= 11 is 12.1. The fourth-order valence-electron chi connectivity index (χ4n) is 2.09. The fourth-order valence-corrected chi connectivity index (χ4v) is 2.62. The molecule has 0 saturated heterocycles. The van der Waals surface area contributed by atoms with Gasteiger partial charge in [0.2, 0.25) is 0 Å². The molecule has 96 valence electrons. The van der Waals surface area contributed by atoms with E-state index in [0.717, 1.165) is 5.02 Å². The molecular weight excluding hydrogens is 251 g/mol. The van der Waals surface area contributed by atoms with Crippen LogP contribution in [0, 0.1) is 0 Å². The van der Waals surface area contributed by atoms with Crippen LogP contribution in [-0.2, 0) is 0 Å². The molecule has 0 bridgehead atoms. The Morgan fingerprint density at radius 2 is 1.88 bits per heavy atom. The first-order valence-corrected chi connectivity index (χ1v) is 7.50. The van der Waals surface area contributed by atoms with Crippen LogP contribution in [-0.4, -0.2) is 5.88 Å². The van der Waals surface area contributed by atoms with Crippen molar-refractivity contribution in [3.05, 3.63) is 34.9 Å². The zero-order chi connectivity index (χ0) is 12.5. The van der Waals surface area contributed by atoms with Crippen molar-refractivity contribution in [1.29, 1.82) is 0 Å². The Hall–Kier alpha value is -0.200. The first-order chi connectivity index (χ1) is 8.27. The summed E-state index contributed by atoms with van der Waals surface area (Å²) in [5.41, 5.74) is 1.28. The van der Waals surface area contributed by atoms with Crippen LogP contribution in [0.4, 0.5) is 0 Å². The van der Waals surface area contributed by atoms with Crippen molar-refractivity contribution < 1.29 is 0 Å². The van der Waals surface area contributed by atoms with Crippen LogP contribution in [0.15, 0.2) is 24.3 Å². The van der Waals surface area contributed by atoms with Crippen molar-refractivity contribution in [3.63, 3.8) is 0 Å². The van der Waals surface area contributed by atoms with Gasteiger partial charge in [0.05, 0.1) is 0 Å². The lowest BCUT2D eigenvalue weighted by atomic mass is 9.94. The largest absolute Gasteiger partial charge is 0.126 e. The molecule has 0 aliphatic rings. The minimum Gasteiger partial charge on any atom is -0.126 e. The van der Waals surface area contributed by atoms with E-state index in [1.165, 1.54) is 44.1 Å². The van der Waals surface area contributed by atoms with E-state index in [2.05, 4.69) is 13.0 Å². The highest BCUT2D eigenvalue weighted by Gasteiger charge is 2.10. The molecule has 0 saturated carbocycles. The summed E-state index contributed by atoms with van der Waals surface area (Å²) in [6, 6.07) is 8.09. The van der Waals surface area contributed by atoms with E-state index in [-0.39, 0.29) is 0 Å². The van der Waals surface area contributed by atoms with E-state index in [0.29, 0.717) is 11.8 Å². The van der Waals surface area contributed by atoms with Crippen LogP contribution in [0.2, 0.25) is 5.02 Å². The maximum atomic E-state index is 6.05. The zero-order valence-corrected chi connectivity index (χ0v) is 12.1. The summed E-state index contributed by atoms with van der Waals surface area (Å²) in [5.74, 6) is 1.14. The molecule has 1 aromatic carbocycles. The summed E-state index contributed by atoms with van der Waals surface area (Å²) in [6.07, 6.45) is 7.76. The van der Waals surface area contributed by atoms with Crippen molar-refractivity contribution in [3.8, 4) is 0 Å². The van der Waals surface area contributed by atoms with Gasteiger partial charge < -0.3 is 0 Å². The third-order valence-corrected chi connectivity index (χ3v) is 3.77. The van der Waals surface area contributed by atoms with E-state index in [1.807, 2.05) is 18.2 Å². The normalized spacial score (nSPS) is 12.6. The third-order valence-electron chi connectivity index (χ3n) is 3.16. The van der Waals surface area contributed by atoms with Crippen LogP contribution in [0.1, 0.15) is 56.9 Å². The van der Waals surface area contributed by atoms with Crippen LogP contribution in [0.3, 0.4) is 0 Å². The molecule has 0 spiro atoms. The lowest BCUT2D eigenvalue weighted by Crippen LogP contribution is -2.00. The summed E-state index contributed by atoms with van der Waals surface area (Å²) in [4.78, 5) is 0. The molecule has 0 nitrogen and oxygen atoms in total. The Morgan fingerprint density at radius 1 is 1.12 bits per heavy atom. The highest BCUT2D eigenvalue weighted by atomic mass is 35.5. The number of benzene rings is 1. The van der Waals surface area contributed by atoms with Crippen LogP contribution < -0.4 is 0 Å². The number of unbranched alkanes of at least 4 members (excludes halogenated alkanes) is 4. The Balaban J connectivity index is 2.38. The molecule has 17 heavy (non-hydrogen) atoms. The molecule has 0 aliphatic heterocycles. The molecule has 0 amide bonds. The number of halogens is 2. The Bertz CT molecular complexity index is 310. The van der Waals surface area contributed by atoms with E-state index < -0.39 is 0 Å².